The molecule has 0 aromatic heterocycles. The lowest BCUT2D eigenvalue weighted by Gasteiger charge is -2.23. The molecule has 2 rings (SSSR count). The molecule has 1 saturated heterocycles. The van der Waals surface area contributed by atoms with E-state index in [0.717, 1.165) is 0 Å². The summed E-state index contributed by atoms with van der Waals surface area (Å²) in [5, 5.41) is 12.3. The van der Waals surface area contributed by atoms with Crippen LogP contribution in [0.2, 0.25) is 0 Å². The lowest BCUT2D eigenvalue weighted by atomic mass is 10.2. The highest BCUT2D eigenvalue weighted by atomic mass is 19.1. The first kappa shape index (κ1) is 18.0. The number of nitrogens with zero attached hydrogens (tertiary/aromatic N) is 2. The van der Waals surface area contributed by atoms with Gasteiger partial charge in [0, 0.05) is 38.8 Å². The molecule has 1 aromatic carbocycles. The first-order valence-electron chi connectivity index (χ1n) is 7.70. The second kappa shape index (κ2) is 7.96. The smallest absolute Gasteiger partial charge is 0.336 e. The van der Waals surface area contributed by atoms with E-state index in [1.165, 1.54) is 13.2 Å². The number of aliphatic hydroxyl groups is 1. The van der Waals surface area contributed by atoms with Crippen molar-refractivity contribution in [1.82, 2.24) is 4.90 Å². The fraction of sp³-hybridized carbons (Fsp3) is 0.500. The highest BCUT2D eigenvalue weighted by molar-refractivity contribution is 5.77. The maximum atomic E-state index is 14.4. The van der Waals surface area contributed by atoms with E-state index in [4.69, 9.17) is 0 Å². The summed E-state index contributed by atoms with van der Waals surface area (Å²) < 4.78 is 18.8. The molecule has 1 fully saturated rings. The van der Waals surface area contributed by atoms with Crippen LogP contribution in [0, 0.1) is 5.82 Å². The first-order valence-corrected chi connectivity index (χ1v) is 7.70. The third-order valence-electron chi connectivity index (χ3n) is 3.99. The van der Waals surface area contributed by atoms with Gasteiger partial charge in [-0.1, -0.05) is 0 Å². The number of carbonyl (C=O) groups is 2. The van der Waals surface area contributed by atoms with Gasteiger partial charge in [-0.2, -0.15) is 0 Å². The van der Waals surface area contributed by atoms with Crippen molar-refractivity contribution in [2.45, 2.75) is 12.5 Å². The molecular weight excluding hydrogens is 317 g/mol. The maximum Gasteiger partial charge on any atom is 0.336 e. The molecule has 1 aliphatic rings. The van der Waals surface area contributed by atoms with E-state index in [1.54, 1.807) is 24.1 Å². The van der Waals surface area contributed by atoms with Crippen LogP contribution in [-0.4, -0.2) is 68.3 Å². The molecule has 0 unspecified atom stereocenters. The molecule has 0 spiro atoms. The number of benzene rings is 1. The average molecular weight is 339 g/mol. The molecule has 2 N–H and O–H groups in total. The van der Waals surface area contributed by atoms with Gasteiger partial charge in [-0.25, -0.2) is 9.18 Å². The lowest BCUT2D eigenvalue weighted by Crippen LogP contribution is -2.30. The number of halogens is 1. The zero-order valence-corrected chi connectivity index (χ0v) is 13.8. The predicted octanol–water partition coefficient (Wildman–Crippen LogP) is 0.440. The summed E-state index contributed by atoms with van der Waals surface area (Å²) in [6, 6.07) is 4.59. The van der Waals surface area contributed by atoms with Gasteiger partial charge >= 0.3 is 5.97 Å². The molecule has 0 aliphatic carbocycles. The Labute approximate surface area is 140 Å². The highest BCUT2D eigenvalue weighted by Gasteiger charge is 2.20. The maximum absolute atomic E-state index is 14.4. The van der Waals surface area contributed by atoms with E-state index >= 15 is 0 Å². The van der Waals surface area contributed by atoms with E-state index in [0.29, 0.717) is 37.4 Å². The van der Waals surface area contributed by atoms with E-state index < -0.39 is 17.9 Å². The second-order valence-corrected chi connectivity index (χ2v) is 5.64. The fourth-order valence-electron chi connectivity index (χ4n) is 2.48. The summed E-state index contributed by atoms with van der Waals surface area (Å²) in [6.07, 6.45) is -0.966. The molecule has 1 atom stereocenters. The molecule has 132 valence electrons. The summed E-state index contributed by atoms with van der Waals surface area (Å²) in [4.78, 5) is 26.3. The van der Waals surface area contributed by atoms with Gasteiger partial charge in [0.15, 0.2) is 6.10 Å². The summed E-state index contributed by atoms with van der Waals surface area (Å²) in [6.45, 7) is 1.50. The van der Waals surface area contributed by atoms with Gasteiger partial charge in [0.05, 0.1) is 19.3 Å². The van der Waals surface area contributed by atoms with Crippen LogP contribution in [0.4, 0.5) is 15.8 Å². The topological polar surface area (TPSA) is 82.1 Å². The Morgan fingerprint density at radius 3 is 2.83 bits per heavy atom. The second-order valence-electron chi connectivity index (χ2n) is 5.64. The van der Waals surface area contributed by atoms with Crippen LogP contribution in [0.5, 0.6) is 0 Å². The van der Waals surface area contributed by atoms with Crippen LogP contribution < -0.4 is 10.2 Å². The van der Waals surface area contributed by atoms with E-state index in [9.17, 15) is 19.1 Å². The molecule has 1 amide bonds. The standard InChI is InChI=1S/C16H22FN3O4/c1-19-7-8-20(6-5-15(19)22)13-4-3-11(9-12(13)17)18-10-14(21)16(23)24-2/h3-4,9,14,18,21H,5-8,10H2,1-2H3/t14-/m1/s1. The zero-order chi connectivity index (χ0) is 17.7. The van der Waals surface area contributed by atoms with Crippen LogP contribution in [-0.2, 0) is 14.3 Å². The molecule has 24 heavy (non-hydrogen) atoms. The molecule has 0 radical (unpaired) electrons. The van der Waals surface area contributed by atoms with Crippen molar-refractivity contribution in [2.75, 3.05) is 50.6 Å². The van der Waals surface area contributed by atoms with Gasteiger partial charge in [-0.15, -0.1) is 0 Å². The number of ether oxygens (including phenoxy) is 1. The molecular formula is C16H22FN3O4. The Kier molecular flexibility index (Phi) is 5.97. The van der Waals surface area contributed by atoms with E-state index in [1.807, 2.05) is 4.90 Å². The van der Waals surface area contributed by atoms with Crippen LogP contribution in [0.15, 0.2) is 18.2 Å². The Bertz CT molecular complexity index is 611. The van der Waals surface area contributed by atoms with Crippen molar-refractivity contribution in [2.24, 2.45) is 0 Å². The number of rotatable bonds is 5. The number of nitrogens with one attached hydrogen (secondary N) is 1. The molecule has 1 aromatic rings. The van der Waals surface area contributed by atoms with Crippen LogP contribution >= 0.6 is 0 Å². The third-order valence-corrected chi connectivity index (χ3v) is 3.99. The molecule has 1 heterocycles. The van der Waals surface area contributed by atoms with Gasteiger partial charge in [0.1, 0.15) is 5.82 Å². The van der Waals surface area contributed by atoms with Crippen LogP contribution in [0.1, 0.15) is 6.42 Å². The van der Waals surface area contributed by atoms with Gasteiger partial charge in [0.25, 0.3) is 0 Å². The number of likely N-dealkylation sites (N-methyl/N-ethyl adjacent to an activating group) is 1. The molecule has 0 saturated carbocycles. The molecule has 1 aliphatic heterocycles. The van der Waals surface area contributed by atoms with Gasteiger partial charge in [0.2, 0.25) is 5.91 Å². The van der Waals surface area contributed by atoms with Gasteiger partial charge in [-0.3, -0.25) is 4.79 Å². The molecule has 0 bridgehead atoms. The van der Waals surface area contributed by atoms with Crippen molar-refractivity contribution >= 4 is 23.3 Å². The number of aliphatic hydroxyl groups excluding tert-OH is 1. The Morgan fingerprint density at radius 2 is 2.17 bits per heavy atom. The third kappa shape index (κ3) is 4.35. The van der Waals surface area contributed by atoms with Gasteiger partial charge < -0.3 is 25.0 Å². The number of hydrogen-bond donors (Lipinski definition) is 2. The summed E-state index contributed by atoms with van der Waals surface area (Å²) >= 11 is 0. The minimum absolute atomic E-state index is 0.0491. The van der Waals surface area contributed by atoms with Crippen molar-refractivity contribution < 1.29 is 23.8 Å². The molecule has 7 nitrogen and oxygen atoms in total. The fourth-order valence-corrected chi connectivity index (χ4v) is 2.48. The van der Waals surface area contributed by atoms with Crippen molar-refractivity contribution in [1.29, 1.82) is 0 Å². The minimum Gasteiger partial charge on any atom is -0.467 e. The first-order chi connectivity index (χ1) is 11.4. The van der Waals surface area contributed by atoms with Crippen LogP contribution in [0.25, 0.3) is 0 Å². The van der Waals surface area contributed by atoms with Crippen LogP contribution in [0.3, 0.4) is 0 Å². The van der Waals surface area contributed by atoms with Crippen molar-refractivity contribution in [3.8, 4) is 0 Å². The van der Waals surface area contributed by atoms with Crippen molar-refractivity contribution in [3.05, 3.63) is 24.0 Å². The lowest BCUT2D eigenvalue weighted by molar-refractivity contribution is -0.149. The summed E-state index contributed by atoms with van der Waals surface area (Å²) in [5.41, 5.74) is 0.874. The number of methoxy groups -OCH3 is 1. The predicted molar refractivity (Wildman–Crippen MR) is 87.4 cm³/mol. The summed E-state index contributed by atoms with van der Waals surface area (Å²) in [7, 11) is 2.92. The number of esters is 1. The van der Waals surface area contributed by atoms with E-state index in [-0.39, 0.29) is 12.5 Å². The number of anilines is 2. The normalized spacial score (nSPS) is 16.6. The average Bonchev–Trinajstić information content (AvgIpc) is 2.74. The van der Waals surface area contributed by atoms with E-state index in [2.05, 4.69) is 10.1 Å². The van der Waals surface area contributed by atoms with Crippen molar-refractivity contribution in [3.63, 3.8) is 0 Å². The zero-order valence-electron chi connectivity index (χ0n) is 13.8. The summed E-state index contributed by atoms with van der Waals surface area (Å²) in [5.74, 6) is -1.13. The number of hydrogen-bond acceptors (Lipinski definition) is 6. The SMILES string of the molecule is COC(=O)[C@H](O)CNc1ccc(N2CCC(=O)N(C)CC2)c(F)c1. The monoisotopic (exact) mass is 339 g/mol. The highest BCUT2D eigenvalue weighted by Crippen LogP contribution is 2.24. The number of carbonyl (C=O) groups excluding carboxylic acids is 2. The minimum atomic E-state index is -1.31. The Balaban J connectivity index is 2.01. The Morgan fingerprint density at radius 1 is 1.42 bits per heavy atom. The number of amides is 1. The quantitative estimate of drug-likeness (QED) is 0.758. The van der Waals surface area contributed by atoms with Gasteiger partial charge in [-0.05, 0) is 18.2 Å². The molecule has 8 heteroatoms. The Hall–Kier alpha value is -2.35. The largest absolute Gasteiger partial charge is 0.467 e.